The van der Waals surface area contributed by atoms with Crippen LogP contribution in [0.1, 0.15) is 29.6 Å². The molecule has 1 fully saturated rings. The lowest BCUT2D eigenvalue weighted by Gasteiger charge is -2.22. The molecule has 6 heteroatoms. The summed E-state index contributed by atoms with van der Waals surface area (Å²) in [7, 11) is 0. The van der Waals surface area contributed by atoms with Crippen molar-refractivity contribution in [1.82, 2.24) is 15.5 Å². The lowest BCUT2D eigenvalue weighted by molar-refractivity contribution is 0.0243. The molecule has 21 heavy (non-hydrogen) atoms. The van der Waals surface area contributed by atoms with Crippen LogP contribution in [0.25, 0.3) is 0 Å². The molecule has 6 nitrogen and oxygen atoms in total. The van der Waals surface area contributed by atoms with Gasteiger partial charge in [-0.15, -0.1) is 0 Å². The number of nitrogens with one attached hydrogen (secondary N) is 1. The molecule has 2 aliphatic rings. The van der Waals surface area contributed by atoms with E-state index in [0.29, 0.717) is 31.3 Å². The van der Waals surface area contributed by atoms with Gasteiger partial charge in [-0.3, -0.25) is 0 Å². The van der Waals surface area contributed by atoms with Crippen molar-refractivity contribution >= 4 is 0 Å². The minimum atomic E-state index is -1.03. The molecule has 1 aromatic carbocycles. The van der Waals surface area contributed by atoms with E-state index in [-0.39, 0.29) is 5.92 Å². The Labute approximate surface area is 122 Å². The first kappa shape index (κ1) is 12.8. The second-order valence-electron chi connectivity index (χ2n) is 5.74. The highest BCUT2D eigenvalue weighted by molar-refractivity contribution is 5.36. The zero-order chi connectivity index (χ0) is 14.3. The average Bonchev–Trinajstić information content (AvgIpc) is 3.17. The molecule has 1 saturated heterocycles. The van der Waals surface area contributed by atoms with Crippen molar-refractivity contribution in [3.05, 3.63) is 41.5 Å². The number of β-amino-alcohol motifs (C(OH)–C–C–N with tert-alkyl or cyclic N) is 1. The minimum absolute atomic E-state index is 0.0652. The van der Waals surface area contributed by atoms with E-state index in [2.05, 4.69) is 21.5 Å². The van der Waals surface area contributed by atoms with E-state index in [9.17, 15) is 5.11 Å². The monoisotopic (exact) mass is 287 g/mol. The highest BCUT2D eigenvalue weighted by atomic mass is 16.5. The highest BCUT2D eigenvalue weighted by Crippen LogP contribution is 2.32. The van der Waals surface area contributed by atoms with Crippen LogP contribution >= 0.6 is 0 Å². The van der Waals surface area contributed by atoms with Crippen LogP contribution in [0.5, 0.6) is 5.75 Å². The quantitative estimate of drug-likeness (QED) is 0.856. The molecule has 0 saturated carbocycles. The summed E-state index contributed by atoms with van der Waals surface area (Å²) in [6.45, 7) is 1.75. The number of benzene rings is 1. The van der Waals surface area contributed by atoms with Crippen LogP contribution in [-0.2, 0) is 12.0 Å². The van der Waals surface area contributed by atoms with E-state index in [1.54, 1.807) is 0 Å². The maximum atomic E-state index is 10.4. The van der Waals surface area contributed by atoms with E-state index < -0.39 is 5.60 Å². The number of aromatic nitrogens is 2. The summed E-state index contributed by atoms with van der Waals surface area (Å²) in [6.07, 6.45) is 1.42. The number of hydrogen-bond acceptors (Lipinski definition) is 6. The number of hydrogen-bond donors (Lipinski definition) is 2. The van der Waals surface area contributed by atoms with Gasteiger partial charge in [0, 0.05) is 6.54 Å². The highest BCUT2D eigenvalue weighted by Gasteiger charge is 2.39. The molecule has 4 rings (SSSR count). The van der Waals surface area contributed by atoms with Gasteiger partial charge < -0.3 is 19.7 Å². The number of aliphatic hydroxyl groups is 1. The molecule has 2 N–H and O–H groups in total. The van der Waals surface area contributed by atoms with Crippen LogP contribution in [0.4, 0.5) is 0 Å². The SMILES string of the molecule is OC1(c2nc(C3COc4ccccc4C3)no2)CCNC1. The van der Waals surface area contributed by atoms with Crippen molar-refractivity contribution in [3.63, 3.8) is 0 Å². The van der Waals surface area contributed by atoms with E-state index >= 15 is 0 Å². The van der Waals surface area contributed by atoms with E-state index in [0.717, 1.165) is 24.3 Å². The summed E-state index contributed by atoms with van der Waals surface area (Å²) < 4.78 is 11.0. The van der Waals surface area contributed by atoms with Crippen molar-refractivity contribution in [2.45, 2.75) is 24.4 Å². The summed E-state index contributed by atoms with van der Waals surface area (Å²) in [4.78, 5) is 4.41. The summed E-state index contributed by atoms with van der Waals surface area (Å²) in [5.41, 5.74) is 0.125. The summed E-state index contributed by atoms with van der Waals surface area (Å²) in [6, 6.07) is 7.99. The molecular weight excluding hydrogens is 270 g/mol. The lowest BCUT2D eigenvalue weighted by atomic mass is 9.96. The fourth-order valence-corrected chi connectivity index (χ4v) is 2.94. The van der Waals surface area contributed by atoms with Crippen LogP contribution < -0.4 is 10.1 Å². The molecule has 0 amide bonds. The Hall–Kier alpha value is -1.92. The third-order valence-corrected chi connectivity index (χ3v) is 4.22. The predicted molar refractivity (Wildman–Crippen MR) is 74.1 cm³/mol. The number of fused-ring (bicyclic) bond motifs is 1. The molecule has 1 aromatic heterocycles. The molecule has 0 radical (unpaired) electrons. The molecule has 2 unspecified atom stereocenters. The molecule has 2 atom stereocenters. The van der Waals surface area contributed by atoms with Crippen molar-refractivity contribution in [2.24, 2.45) is 0 Å². The first-order valence-electron chi connectivity index (χ1n) is 7.22. The molecule has 2 aliphatic heterocycles. The van der Waals surface area contributed by atoms with Gasteiger partial charge in [0.15, 0.2) is 11.4 Å². The topological polar surface area (TPSA) is 80.4 Å². The lowest BCUT2D eigenvalue weighted by Crippen LogP contribution is -2.29. The van der Waals surface area contributed by atoms with Gasteiger partial charge >= 0.3 is 0 Å². The van der Waals surface area contributed by atoms with Gasteiger partial charge in [-0.2, -0.15) is 4.98 Å². The molecule has 0 aliphatic carbocycles. The second kappa shape index (κ2) is 4.82. The molecule has 0 spiro atoms. The summed E-state index contributed by atoms with van der Waals surface area (Å²) >= 11 is 0. The van der Waals surface area contributed by atoms with Crippen LogP contribution in [0.3, 0.4) is 0 Å². The molecule has 110 valence electrons. The van der Waals surface area contributed by atoms with E-state index in [1.807, 2.05) is 18.2 Å². The zero-order valence-electron chi connectivity index (χ0n) is 11.6. The summed E-state index contributed by atoms with van der Waals surface area (Å²) in [5, 5.41) is 17.6. The third kappa shape index (κ3) is 2.20. The van der Waals surface area contributed by atoms with Crippen LogP contribution in [0.2, 0.25) is 0 Å². The van der Waals surface area contributed by atoms with Gasteiger partial charge in [-0.05, 0) is 31.0 Å². The first-order chi connectivity index (χ1) is 10.2. The Balaban J connectivity index is 1.57. The normalized spacial score (nSPS) is 28.1. The molecule has 0 bridgehead atoms. The number of ether oxygens (including phenoxy) is 1. The van der Waals surface area contributed by atoms with Crippen molar-refractivity contribution in [2.75, 3.05) is 19.7 Å². The van der Waals surface area contributed by atoms with Gasteiger partial charge in [-0.25, -0.2) is 0 Å². The van der Waals surface area contributed by atoms with E-state index in [1.165, 1.54) is 0 Å². The van der Waals surface area contributed by atoms with E-state index in [4.69, 9.17) is 9.26 Å². The largest absolute Gasteiger partial charge is 0.493 e. The molecule has 3 heterocycles. The molecule has 2 aromatic rings. The summed E-state index contributed by atoms with van der Waals surface area (Å²) in [5.74, 6) is 1.91. The van der Waals surface area contributed by atoms with Crippen LogP contribution in [0.15, 0.2) is 28.8 Å². The van der Waals surface area contributed by atoms with Gasteiger partial charge in [0.2, 0.25) is 0 Å². The van der Waals surface area contributed by atoms with Crippen molar-refractivity contribution < 1.29 is 14.4 Å². The van der Waals surface area contributed by atoms with Crippen molar-refractivity contribution in [3.8, 4) is 5.75 Å². The fourth-order valence-electron chi connectivity index (χ4n) is 2.94. The smallest absolute Gasteiger partial charge is 0.259 e. The number of rotatable bonds is 2. The Morgan fingerprint density at radius 1 is 1.33 bits per heavy atom. The van der Waals surface area contributed by atoms with Crippen LogP contribution in [0, 0.1) is 0 Å². The predicted octanol–water partition coefficient (Wildman–Crippen LogP) is 0.969. The standard InChI is InChI=1S/C15H17N3O3/c19-15(5-6-16-9-15)14-17-13(18-21-14)11-7-10-3-1-2-4-12(10)20-8-11/h1-4,11,16,19H,5-9H2. The number of nitrogens with zero attached hydrogens (tertiary/aromatic N) is 2. The number of para-hydroxylation sites is 1. The fraction of sp³-hybridized carbons (Fsp3) is 0.467. The van der Waals surface area contributed by atoms with Gasteiger partial charge in [0.1, 0.15) is 5.75 Å². The second-order valence-corrected chi connectivity index (χ2v) is 5.74. The molecular formula is C15H17N3O3. The van der Waals surface area contributed by atoms with Crippen LogP contribution in [-0.4, -0.2) is 34.9 Å². The Morgan fingerprint density at radius 3 is 3.10 bits per heavy atom. The van der Waals surface area contributed by atoms with Gasteiger partial charge in [-0.1, -0.05) is 23.4 Å². The zero-order valence-corrected chi connectivity index (χ0v) is 11.6. The minimum Gasteiger partial charge on any atom is -0.493 e. The van der Waals surface area contributed by atoms with Gasteiger partial charge in [0.25, 0.3) is 5.89 Å². The Kier molecular flexibility index (Phi) is 2.94. The van der Waals surface area contributed by atoms with Gasteiger partial charge in [0.05, 0.1) is 12.5 Å². The first-order valence-corrected chi connectivity index (χ1v) is 7.22. The van der Waals surface area contributed by atoms with Crippen molar-refractivity contribution in [1.29, 1.82) is 0 Å². The maximum Gasteiger partial charge on any atom is 0.259 e. The maximum absolute atomic E-state index is 10.4. The third-order valence-electron chi connectivity index (χ3n) is 4.22. The Bertz CT molecular complexity index is 649. The Morgan fingerprint density at radius 2 is 2.24 bits per heavy atom. The average molecular weight is 287 g/mol.